The second-order valence-electron chi connectivity index (χ2n) is 12.5. The van der Waals surface area contributed by atoms with E-state index in [1.807, 2.05) is 11.3 Å². The van der Waals surface area contributed by atoms with Crippen molar-refractivity contribution in [2.24, 2.45) is 0 Å². The lowest BCUT2D eigenvalue weighted by Crippen LogP contribution is -1.93. The molecule has 3 aromatic heterocycles. The molecule has 0 atom stereocenters. The number of furan rings is 1. The van der Waals surface area contributed by atoms with E-state index in [9.17, 15) is 0 Å². The fourth-order valence-electron chi connectivity index (χ4n) is 7.87. The number of hydrogen-bond donors (Lipinski definition) is 0. The summed E-state index contributed by atoms with van der Waals surface area (Å²) >= 11 is 1.87. The van der Waals surface area contributed by atoms with Gasteiger partial charge in [-0.25, -0.2) is 0 Å². The highest BCUT2D eigenvalue weighted by atomic mass is 32.1. The number of nitrogens with zero attached hydrogens (tertiary/aromatic N) is 1. The molecule has 0 amide bonds. The van der Waals surface area contributed by atoms with E-state index in [-0.39, 0.29) is 0 Å². The minimum atomic E-state index is 0.923. The maximum atomic E-state index is 6.72. The molecular weight excluding hydrogens is 591 g/mol. The maximum absolute atomic E-state index is 6.72. The van der Waals surface area contributed by atoms with Crippen LogP contribution < -0.4 is 0 Å². The third-order valence-corrected chi connectivity index (χ3v) is 11.1. The summed E-state index contributed by atoms with van der Waals surface area (Å²) in [6.07, 6.45) is 0. The zero-order valence-corrected chi connectivity index (χ0v) is 26.0. The predicted octanol–water partition coefficient (Wildman–Crippen LogP) is 13.0. The molecule has 8 aromatic carbocycles. The third-order valence-electron chi connectivity index (χ3n) is 9.95. The summed E-state index contributed by atoms with van der Waals surface area (Å²) in [7, 11) is 0. The molecule has 0 saturated heterocycles. The summed E-state index contributed by atoms with van der Waals surface area (Å²) in [5.74, 6) is 0. The summed E-state index contributed by atoms with van der Waals surface area (Å²) in [6, 6.07) is 55.3. The van der Waals surface area contributed by atoms with Crippen LogP contribution in [0.15, 0.2) is 156 Å². The Balaban J connectivity index is 1.28. The van der Waals surface area contributed by atoms with Gasteiger partial charge in [-0.2, -0.15) is 0 Å². The van der Waals surface area contributed by atoms with E-state index in [1.165, 1.54) is 80.3 Å². The van der Waals surface area contributed by atoms with Crippen molar-refractivity contribution in [1.82, 2.24) is 4.57 Å². The molecule has 218 valence electrons. The Kier molecular flexibility index (Phi) is 5.02. The van der Waals surface area contributed by atoms with E-state index < -0.39 is 0 Å². The summed E-state index contributed by atoms with van der Waals surface area (Å²) in [5.41, 5.74) is 7.88. The molecule has 11 rings (SSSR count). The Morgan fingerprint density at radius 2 is 1.19 bits per heavy atom. The van der Waals surface area contributed by atoms with Crippen LogP contribution in [0.3, 0.4) is 0 Å². The van der Waals surface area contributed by atoms with Crippen LogP contribution >= 0.6 is 11.3 Å². The van der Waals surface area contributed by atoms with E-state index in [4.69, 9.17) is 4.42 Å². The molecule has 11 aromatic rings. The van der Waals surface area contributed by atoms with Crippen molar-refractivity contribution in [1.29, 1.82) is 0 Å². The average molecular weight is 616 g/mol. The van der Waals surface area contributed by atoms with E-state index in [0.717, 1.165) is 21.9 Å². The van der Waals surface area contributed by atoms with Crippen molar-refractivity contribution in [3.05, 3.63) is 152 Å². The molecule has 0 bridgehead atoms. The van der Waals surface area contributed by atoms with Crippen LogP contribution in [0.2, 0.25) is 0 Å². The van der Waals surface area contributed by atoms with Crippen LogP contribution in [0.25, 0.3) is 102 Å². The van der Waals surface area contributed by atoms with Crippen LogP contribution in [0.5, 0.6) is 0 Å². The predicted molar refractivity (Wildman–Crippen MR) is 201 cm³/mol. The number of benzene rings is 8. The Morgan fingerprint density at radius 3 is 2.11 bits per heavy atom. The molecule has 0 aliphatic rings. The lowest BCUT2D eigenvalue weighted by atomic mass is 9.91. The Morgan fingerprint density at radius 1 is 0.447 bits per heavy atom. The first-order valence-electron chi connectivity index (χ1n) is 16.0. The summed E-state index contributed by atoms with van der Waals surface area (Å²) < 4.78 is 11.7. The molecule has 2 nitrogen and oxygen atoms in total. The highest BCUT2D eigenvalue weighted by Crippen LogP contribution is 2.45. The largest absolute Gasteiger partial charge is 0.455 e. The molecule has 0 radical (unpaired) electrons. The first-order chi connectivity index (χ1) is 23.3. The Hall–Kier alpha value is -5.90. The number of aromatic nitrogens is 1. The molecule has 47 heavy (non-hydrogen) atoms. The lowest BCUT2D eigenvalue weighted by molar-refractivity contribution is 0.673. The Labute approximate surface area is 273 Å². The summed E-state index contributed by atoms with van der Waals surface area (Å²) in [5, 5.41) is 12.3. The standard InChI is InChI=1S/C44H25NOS/c1-2-10-28(11-3-1)45-38-15-7-4-12-29(38)36-22-26(18-21-39(36)45)34-23-27-24-37-31-14-6-9-17-41(31)47-42(37)25-35(27)43-32(34)19-20-33-30-13-5-8-16-40(30)46-44(33)43/h1-25H. The van der Waals surface area contributed by atoms with Crippen LogP contribution in [0.4, 0.5) is 0 Å². The minimum absolute atomic E-state index is 0.923. The van der Waals surface area contributed by atoms with Gasteiger partial charge in [-0.05, 0) is 94.0 Å². The highest BCUT2D eigenvalue weighted by Gasteiger charge is 2.19. The Bertz CT molecular complexity index is 3070. The van der Waals surface area contributed by atoms with Crippen LogP contribution in [-0.2, 0) is 0 Å². The van der Waals surface area contributed by atoms with Gasteiger partial charge in [0.05, 0.1) is 11.0 Å². The molecule has 0 unspecified atom stereocenters. The topological polar surface area (TPSA) is 18.1 Å². The van der Waals surface area contributed by atoms with E-state index in [0.29, 0.717) is 0 Å². The number of rotatable bonds is 2. The van der Waals surface area contributed by atoms with Crippen molar-refractivity contribution in [2.45, 2.75) is 0 Å². The molecule has 0 aliphatic carbocycles. The lowest BCUT2D eigenvalue weighted by Gasteiger charge is -2.13. The SMILES string of the molecule is c1ccc(-n2c3ccccc3c3cc(-c4cc5cc6c(cc5c5c4ccc4c7ccccc7oc45)sc4ccccc46)ccc32)cc1. The third kappa shape index (κ3) is 3.49. The molecule has 0 fully saturated rings. The second kappa shape index (κ2) is 9.32. The monoisotopic (exact) mass is 615 g/mol. The number of hydrogen-bond acceptors (Lipinski definition) is 2. The van der Waals surface area contributed by atoms with Crippen LogP contribution in [-0.4, -0.2) is 4.57 Å². The first kappa shape index (κ1) is 25.3. The maximum Gasteiger partial charge on any atom is 0.143 e. The van der Waals surface area contributed by atoms with Gasteiger partial charge in [0.15, 0.2) is 0 Å². The molecule has 3 heterocycles. The number of fused-ring (bicyclic) bond motifs is 13. The van der Waals surface area contributed by atoms with Gasteiger partial charge in [-0.3, -0.25) is 0 Å². The van der Waals surface area contributed by atoms with Crippen molar-refractivity contribution in [3.8, 4) is 16.8 Å². The van der Waals surface area contributed by atoms with Gasteiger partial charge in [0, 0.05) is 52.8 Å². The van der Waals surface area contributed by atoms with Gasteiger partial charge >= 0.3 is 0 Å². The van der Waals surface area contributed by atoms with Gasteiger partial charge < -0.3 is 8.98 Å². The van der Waals surface area contributed by atoms with Crippen molar-refractivity contribution < 1.29 is 4.42 Å². The number of thiophene rings is 1. The fourth-order valence-corrected chi connectivity index (χ4v) is 9.00. The van der Waals surface area contributed by atoms with Crippen molar-refractivity contribution in [2.75, 3.05) is 0 Å². The second-order valence-corrected chi connectivity index (χ2v) is 13.6. The van der Waals surface area contributed by atoms with Crippen LogP contribution in [0, 0.1) is 0 Å². The fraction of sp³-hybridized carbons (Fsp3) is 0. The summed E-state index contributed by atoms with van der Waals surface area (Å²) in [6.45, 7) is 0. The van der Waals surface area contributed by atoms with Crippen LogP contribution in [0.1, 0.15) is 0 Å². The minimum Gasteiger partial charge on any atom is -0.455 e. The normalized spacial score (nSPS) is 12.3. The zero-order valence-electron chi connectivity index (χ0n) is 25.2. The molecule has 3 heteroatoms. The zero-order chi connectivity index (χ0) is 30.6. The van der Waals surface area contributed by atoms with Crippen molar-refractivity contribution >= 4 is 96.8 Å². The first-order valence-corrected chi connectivity index (χ1v) is 16.8. The molecule has 0 saturated carbocycles. The van der Waals surface area contributed by atoms with Gasteiger partial charge in [0.2, 0.25) is 0 Å². The van der Waals surface area contributed by atoms with E-state index in [2.05, 4.69) is 156 Å². The highest BCUT2D eigenvalue weighted by molar-refractivity contribution is 7.25. The quantitative estimate of drug-likeness (QED) is 0.177. The van der Waals surface area contributed by atoms with Gasteiger partial charge in [-0.15, -0.1) is 11.3 Å². The summed E-state index contributed by atoms with van der Waals surface area (Å²) in [4.78, 5) is 0. The van der Waals surface area contributed by atoms with E-state index >= 15 is 0 Å². The molecule has 0 spiro atoms. The molecule has 0 aliphatic heterocycles. The van der Waals surface area contributed by atoms with Gasteiger partial charge in [-0.1, -0.05) is 84.9 Å². The average Bonchev–Trinajstić information content (AvgIpc) is 3.79. The number of para-hydroxylation sites is 3. The smallest absolute Gasteiger partial charge is 0.143 e. The van der Waals surface area contributed by atoms with Gasteiger partial charge in [0.1, 0.15) is 11.2 Å². The molecular formula is C44H25NOS. The molecule has 0 N–H and O–H groups in total. The van der Waals surface area contributed by atoms with Gasteiger partial charge in [0.25, 0.3) is 0 Å². The van der Waals surface area contributed by atoms with E-state index in [1.54, 1.807) is 0 Å². The van der Waals surface area contributed by atoms with Crippen molar-refractivity contribution in [3.63, 3.8) is 0 Å².